The fourth-order valence-electron chi connectivity index (χ4n) is 1.20. The number of benzene rings is 1. The first-order valence-electron chi connectivity index (χ1n) is 4.03. The molecule has 0 heterocycles. The van der Waals surface area contributed by atoms with Crippen molar-refractivity contribution in [3.63, 3.8) is 0 Å². The second kappa shape index (κ2) is 4.46. The summed E-state index contributed by atoms with van der Waals surface area (Å²) in [7, 11) is 3.08. The maximum absolute atomic E-state index is 11.3. The van der Waals surface area contributed by atoms with Crippen LogP contribution in [0.5, 0.6) is 11.5 Å². The quantitative estimate of drug-likeness (QED) is 0.783. The smallest absolute Gasteiger partial charge is 0.164 e. The maximum Gasteiger partial charge on any atom is 0.164 e. The molecule has 1 aromatic rings. The molecule has 0 aliphatic rings. The van der Waals surface area contributed by atoms with Crippen LogP contribution in [0.15, 0.2) is 16.6 Å². The first-order chi connectivity index (χ1) is 6.61. The summed E-state index contributed by atoms with van der Waals surface area (Å²) in [5.41, 5.74) is 0.506. The number of methoxy groups -OCH3 is 2. The molecule has 0 unspecified atom stereocenters. The van der Waals surface area contributed by atoms with Crippen molar-refractivity contribution in [1.82, 2.24) is 0 Å². The topological polar surface area (TPSA) is 35.5 Å². The van der Waals surface area contributed by atoms with Crippen molar-refractivity contribution in [1.29, 1.82) is 0 Å². The van der Waals surface area contributed by atoms with Crippen LogP contribution < -0.4 is 9.47 Å². The molecule has 0 N–H and O–H groups in total. The summed E-state index contributed by atoms with van der Waals surface area (Å²) in [6.45, 7) is 1.49. The van der Waals surface area contributed by atoms with Crippen molar-refractivity contribution in [2.45, 2.75) is 6.92 Å². The second-order valence-electron chi connectivity index (χ2n) is 2.72. The van der Waals surface area contributed by atoms with E-state index in [2.05, 4.69) is 15.9 Å². The lowest BCUT2D eigenvalue weighted by Crippen LogP contribution is -2.00. The third-order valence-corrected chi connectivity index (χ3v) is 2.65. The molecule has 0 aliphatic carbocycles. The molecule has 0 spiro atoms. The summed E-state index contributed by atoms with van der Waals surface area (Å²) in [6, 6.07) is 3.45. The van der Waals surface area contributed by atoms with Crippen molar-refractivity contribution in [2.24, 2.45) is 0 Å². The normalized spacial score (nSPS) is 9.71. The average Bonchev–Trinajstić information content (AvgIpc) is 2.16. The number of carbonyl (C=O) groups excluding carboxylic acids is 1. The molecule has 0 saturated heterocycles. The van der Waals surface area contributed by atoms with Crippen LogP contribution in [-0.2, 0) is 0 Å². The van der Waals surface area contributed by atoms with Gasteiger partial charge in [0.1, 0.15) is 11.5 Å². The van der Waals surface area contributed by atoms with E-state index in [1.807, 2.05) is 0 Å². The van der Waals surface area contributed by atoms with Gasteiger partial charge < -0.3 is 9.47 Å². The lowest BCUT2D eigenvalue weighted by molar-refractivity contribution is 0.101. The number of rotatable bonds is 3. The van der Waals surface area contributed by atoms with Crippen molar-refractivity contribution < 1.29 is 14.3 Å². The Kier molecular flexibility index (Phi) is 3.52. The largest absolute Gasteiger partial charge is 0.496 e. The lowest BCUT2D eigenvalue weighted by Gasteiger charge is -2.10. The van der Waals surface area contributed by atoms with Crippen molar-refractivity contribution >= 4 is 21.7 Å². The minimum atomic E-state index is -0.0624. The monoisotopic (exact) mass is 258 g/mol. The fourth-order valence-corrected chi connectivity index (χ4v) is 1.96. The van der Waals surface area contributed by atoms with Crippen LogP contribution in [0.25, 0.3) is 0 Å². The number of hydrogen-bond donors (Lipinski definition) is 0. The van der Waals surface area contributed by atoms with Gasteiger partial charge in [-0.15, -0.1) is 0 Å². The Bertz CT molecular complexity index is 361. The standard InChI is InChI=1S/C10H11BrO3/c1-6(12)9-7(13-2)4-5-8(14-3)10(9)11/h4-5H,1-3H3. The molecule has 3 nitrogen and oxygen atoms in total. The Labute approximate surface area is 91.1 Å². The average molecular weight is 259 g/mol. The van der Waals surface area contributed by atoms with Gasteiger partial charge in [0, 0.05) is 0 Å². The summed E-state index contributed by atoms with van der Waals surface area (Å²) in [4.78, 5) is 11.3. The molecule has 1 rings (SSSR count). The predicted molar refractivity (Wildman–Crippen MR) is 57.3 cm³/mol. The van der Waals surface area contributed by atoms with Crippen LogP contribution in [0.2, 0.25) is 0 Å². The van der Waals surface area contributed by atoms with Gasteiger partial charge in [0.2, 0.25) is 0 Å². The van der Waals surface area contributed by atoms with Gasteiger partial charge >= 0.3 is 0 Å². The van der Waals surface area contributed by atoms with E-state index in [0.717, 1.165) is 0 Å². The highest BCUT2D eigenvalue weighted by atomic mass is 79.9. The highest BCUT2D eigenvalue weighted by Crippen LogP contribution is 2.35. The van der Waals surface area contributed by atoms with Gasteiger partial charge in [0.25, 0.3) is 0 Å². The Morgan fingerprint density at radius 3 is 2.14 bits per heavy atom. The minimum Gasteiger partial charge on any atom is -0.496 e. The van der Waals surface area contributed by atoms with Crippen LogP contribution in [-0.4, -0.2) is 20.0 Å². The molecule has 0 aliphatic heterocycles. The molecule has 0 atom stereocenters. The number of Topliss-reactive ketones (excluding diaryl/α,β-unsaturated/α-hetero) is 1. The SMILES string of the molecule is COc1ccc(OC)c(C(C)=O)c1Br. The molecule has 0 aromatic heterocycles. The van der Waals surface area contributed by atoms with Gasteiger partial charge in [0.05, 0.1) is 24.3 Å². The van der Waals surface area contributed by atoms with E-state index in [1.165, 1.54) is 14.0 Å². The number of halogens is 1. The number of ether oxygens (including phenoxy) is 2. The van der Waals surface area contributed by atoms with Crippen LogP contribution >= 0.6 is 15.9 Å². The summed E-state index contributed by atoms with van der Waals surface area (Å²) in [6.07, 6.45) is 0. The van der Waals surface area contributed by atoms with Gasteiger partial charge in [-0.25, -0.2) is 0 Å². The zero-order valence-electron chi connectivity index (χ0n) is 8.26. The van der Waals surface area contributed by atoms with Crippen molar-refractivity contribution in [3.8, 4) is 11.5 Å². The van der Waals surface area contributed by atoms with Gasteiger partial charge in [-0.2, -0.15) is 0 Å². The van der Waals surface area contributed by atoms with Gasteiger partial charge in [-0.1, -0.05) is 0 Å². The summed E-state index contributed by atoms with van der Waals surface area (Å²) in [5, 5.41) is 0. The molecule has 0 radical (unpaired) electrons. The van der Waals surface area contributed by atoms with E-state index >= 15 is 0 Å². The number of ketones is 1. The Balaban J connectivity index is 3.39. The molecular formula is C10H11BrO3. The summed E-state index contributed by atoms with van der Waals surface area (Å²) in [5.74, 6) is 1.11. The molecule has 1 aromatic carbocycles. The van der Waals surface area contributed by atoms with Crippen LogP contribution in [0.1, 0.15) is 17.3 Å². The molecule has 0 fully saturated rings. The Morgan fingerprint density at radius 2 is 1.71 bits per heavy atom. The van der Waals surface area contributed by atoms with E-state index in [9.17, 15) is 4.79 Å². The van der Waals surface area contributed by atoms with Crippen molar-refractivity contribution in [2.75, 3.05) is 14.2 Å². The molecule has 4 heteroatoms. The van der Waals surface area contributed by atoms with Gasteiger partial charge in [-0.05, 0) is 35.0 Å². The zero-order chi connectivity index (χ0) is 10.7. The van der Waals surface area contributed by atoms with Crippen LogP contribution in [0.3, 0.4) is 0 Å². The van der Waals surface area contributed by atoms with Crippen LogP contribution in [0.4, 0.5) is 0 Å². The molecule has 76 valence electrons. The molecule has 14 heavy (non-hydrogen) atoms. The minimum absolute atomic E-state index is 0.0624. The highest BCUT2D eigenvalue weighted by Gasteiger charge is 2.15. The van der Waals surface area contributed by atoms with E-state index in [-0.39, 0.29) is 5.78 Å². The highest BCUT2D eigenvalue weighted by molar-refractivity contribution is 9.10. The van der Waals surface area contributed by atoms with Crippen LogP contribution in [0, 0.1) is 0 Å². The molecular weight excluding hydrogens is 248 g/mol. The van der Waals surface area contributed by atoms with Gasteiger partial charge in [-0.3, -0.25) is 4.79 Å². The predicted octanol–water partition coefficient (Wildman–Crippen LogP) is 2.67. The fraction of sp³-hybridized carbons (Fsp3) is 0.300. The second-order valence-corrected chi connectivity index (χ2v) is 3.51. The van der Waals surface area contributed by atoms with E-state index in [0.29, 0.717) is 21.5 Å². The first-order valence-corrected chi connectivity index (χ1v) is 4.82. The molecule has 0 amide bonds. The summed E-state index contributed by atoms with van der Waals surface area (Å²) >= 11 is 3.31. The Morgan fingerprint density at radius 1 is 1.21 bits per heavy atom. The lowest BCUT2D eigenvalue weighted by atomic mass is 10.1. The van der Waals surface area contributed by atoms with E-state index in [4.69, 9.17) is 9.47 Å². The summed E-state index contributed by atoms with van der Waals surface area (Å²) < 4.78 is 10.8. The third kappa shape index (κ3) is 1.90. The Hall–Kier alpha value is -1.03. The third-order valence-electron chi connectivity index (χ3n) is 1.86. The molecule has 0 saturated carbocycles. The zero-order valence-corrected chi connectivity index (χ0v) is 9.84. The van der Waals surface area contributed by atoms with Crippen molar-refractivity contribution in [3.05, 3.63) is 22.2 Å². The van der Waals surface area contributed by atoms with E-state index < -0.39 is 0 Å². The number of carbonyl (C=O) groups is 1. The van der Waals surface area contributed by atoms with E-state index in [1.54, 1.807) is 19.2 Å². The molecule has 0 bridgehead atoms. The first kappa shape index (κ1) is 11.0. The maximum atomic E-state index is 11.3. The number of hydrogen-bond acceptors (Lipinski definition) is 3. The van der Waals surface area contributed by atoms with Gasteiger partial charge in [0.15, 0.2) is 5.78 Å².